The maximum Gasteiger partial charge on any atom is 0.271 e. The molecule has 0 spiro atoms. The molecule has 0 radical (unpaired) electrons. The fourth-order valence-corrected chi connectivity index (χ4v) is 2.09. The third-order valence-corrected chi connectivity index (χ3v) is 3.44. The molecule has 2 rings (SSSR count). The van der Waals surface area contributed by atoms with Gasteiger partial charge in [-0.15, -0.1) is 0 Å². The molecule has 1 N–H and O–H groups in total. The first-order valence-electron chi connectivity index (χ1n) is 6.08. The lowest BCUT2D eigenvalue weighted by atomic mass is 10.3. The second kappa shape index (κ2) is 7.24. The molecule has 0 unspecified atom stereocenters. The van der Waals surface area contributed by atoms with E-state index in [0.29, 0.717) is 5.69 Å². The van der Waals surface area contributed by atoms with Crippen LogP contribution in [0, 0.1) is 10.1 Å². The normalized spacial score (nSPS) is 10.1. The number of carbonyl (C=O) groups is 1. The lowest BCUT2D eigenvalue weighted by Crippen LogP contribution is -2.20. The molecule has 2 aromatic carbocycles. The average molecular weight is 386 g/mol. The van der Waals surface area contributed by atoms with E-state index in [0.717, 1.165) is 4.47 Å². The predicted molar refractivity (Wildman–Crippen MR) is 86.4 cm³/mol. The Morgan fingerprint density at radius 2 is 1.95 bits per heavy atom. The van der Waals surface area contributed by atoms with Gasteiger partial charge in [-0.3, -0.25) is 14.9 Å². The van der Waals surface area contributed by atoms with Crippen LogP contribution >= 0.6 is 27.5 Å². The Morgan fingerprint density at radius 1 is 1.27 bits per heavy atom. The first-order valence-corrected chi connectivity index (χ1v) is 7.25. The van der Waals surface area contributed by atoms with Crippen molar-refractivity contribution < 1.29 is 14.5 Å². The highest BCUT2D eigenvalue weighted by Gasteiger charge is 2.11. The Morgan fingerprint density at radius 3 is 2.55 bits per heavy atom. The van der Waals surface area contributed by atoms with Gasteiger partial charge in [0.1, 0.15) is 5.75 Å². The Balaban J connectivity index is 1.93. The number of nitrogens with one attached hydrogen (secondary N) is 1. The fraction of sp³-hybridized carbons (Fsp3) is 0.0714. The molecule has 0 aromatic heterocycles. The zero-order chi connectivity index (χ0) is 16.1. The summed E-state index contributed by atoms with van der Waals surface area (Å²) in [4.78, 5) is 21.8. The largest absolute Gasteiger partial charge is 0.482 e. The van der Waals surface area contributed by atoms with Crippen molar-refractivity contribution in [1.29, 1.82) is 0 Å². The van der Waals surface area contributed by atoms with Crippen LogP contribution in [0.2, 0.25) is 5.02 Å². The molecule has 8 heteroatoms. The molecule has 0 bridgehead atoms. The third kappa shape index (κ3) is 4.44. The maximum absolute atomic E-state index is 11.8. The summed E-state index contributed by atoms with van der Waals surface area (Å²) < 4.78 is 6.16. The maximum atomic E-state index is 11.8. The highest BCUT2D eigenvalue weighted by atomic mass is 79.9. The fourth-order valence-electron chi connectivity index (χ4n) is 1.59. The van der Waals surface area contributed by atoms with Gasteiger partial charge in [0.05, 0.1) is 9.95 Å². The highest BCUT2D eigenvalue weighted by Crippen LogP contribution is 2.28. The van der Waals surface area contributed by atoms with Gasteiger partial charge in [0.15, 0.2) is 6.61 Å². The SMILES string of the molecule is O=C(COc1ccc([N+](=O)[O-])cc1Cl)Nc1ccc(Br)cc1. The van der Waals surface area contributed by atoms with E-state index in [1.54, 1.807) is 24.3 Å². The molecule has 0 saturated carbocycles. The van der Waals surface area contributed by atoms with Crippen LogP contribution in [0.25, 0.3) is 0 Å². The van der Waals surface area contributed by atoms with Gasteiger partial charge in [-0.1, -0.05) is 27.5 Å². The molecule has 2 aromatic rings. The van der Waals surface area contributed by atoms with Crippen molar-refractivity contribution in [3.8, 4) is 5.75 Å². The topological polar surface area (TPSA) is 81.5 Å². The molecule has 0 atom stereocenters. The van der Waals surface area contributed by atoms with Crippen LogP contribution in [-0.2, 0) is 4.79 Å². The quantitative estimate of drug-likeness (QED) is 0.622. The van der Waals surface area contributed by atoms with E-state index in [2.05, 4.69) is 21.2 Å². The number of ether oxygens (including phenoxy) is 1. The number of benzene rings is 2. The molecule has 0 aliphatic carbocycles. The first-order chi connectivity index (χ1) is 10.5. The number of nitro groups is 1. The van der Waals surface area contributed by atoms with Crippen molar-refractivity contribution in [2.24, 2.45) is 0 Å². The minimum Gasteiger partial charge on any atom is -0.482 e. The molecule has 0 aliphatic rings. The van der Waals surface area contributed by atoms with Crippen LogP contribution in [0.15, 0.2) is 46.9 Å². The molecule has 1 amide bonds. The third-order valence-electron chi connectivity index (χ3n) is 2.61. The summed E-state index contributed by atoms with van der Waals surface area (Å²) in [6.45, 7) is -0.256. The number of hydrogen-bond donors (Lipinski definition) is 1. The van der Waals surface area contributed by atoms with Gasteiger partial charge in [0, 0.05) is 22.3 Å². The Bertz CT molecular complexity index is 706. The van der Waals surface area contributed by atoms with Crippen molar-refractivity contribution in [2.45, 2.75) is 0 Å². The molecule has 0 fully saturated rings. The number of nitro benzene ring substituents is 1. The molecule has 0 aliphatic heterocycles. The predicted octanol–water partition coefficient (Wildman–Crippen LogP) is 4.03. The zero-order valence-corrected chi connectivity index (χ0v) is 13.4. The number of amides is 1. The molecular formula is C14H10BrClN2O4. The Labute approximate surface area is 139 Å². The number of halogens is 2. The van der Waals surface area contributed by atoms with Crippen molar-refractivity contribution in [2.75, 3.05) is 11.9 Å². The summed E-state index contributed by atoms with van der Waals surface area (Å²) in [5.74, 6) is -0.157. The first kappa shape index (κ1) is 16.3. The number of nitrogens with zero attached hydrogens (tertiary/aromatic N) is 1. The van der Waals surface area contributed by atoms with E-state index < -0.39 is 4.92 Å². The summed E-state index contributed by atoms with van der Waals surface area (Å²) in [5, 5.41) is 13.3. The number of carbonyl (C=O) groups excluding carboxylic acids is 1. The van der Waals surface area contributed by atoms with Crippen molar-refractivity contribution in [3.63, 3.8) is 0 Å². The minimum absolute atomic E-state index is 0.0747. The standard InChI is InChI=1S/C14H10BrClN2O4/c15-9-1-3-10(4-2-9)17-14(19)8-22-13-6-5-11(18(20)21)7-12(13)16/h1-7H,8H2,(H,17,19). The van der Waals surface area contributed by atoms with Gasteiger partial charge in [-0.05, 0) is 30.3 Å². The number of non-ortho nitro benzene ring substituents is 1. The van der Waals surface area contributed by atoms with Gasteiger partial charge in [-0.25, -0.2) is 0 Å². The smallest absolute Gasteiger partial charge is 0.271 e. The molecule has 6 nitrogen and oxygen atoms in total. The molecule has 0 heterocycles. The lowest BCUT2D eigenvalue weighted by Gasteiger charge is -2.08. The monoisotopic (exact) mass is 384 g/mol. The highest BCUT2D eigenvalue weighted by molar-refractivity contribution is 9.10. The van der Waals surface area contributed by atoms with E-state index in [1.807, 2.05) is 0 Å². The second-order valence-corrected chi connectivity index (χ2v) is 5.54. The summed E-state index contributed by atoms with van der Waals surface area (Å²) in [5.41, 5.74) is 0.489. The van der Waals surface area contributed by atoms with E-state index in [9.17, 15) is 14.9 Å². The van der Waals surface area contributed by atoms with Gasteiger partial charge < -0.3 is 10.1 Å². The summed E-state index contributed by atoms with van der Waals surface area (Å²) in [6.07, 6.45) is 0. The molecule has 22 heavy (non-hydrogen) atoms. The molecule has 0 saturated heterocycles. The summed E-state index contributed by atoms with van der Waals surface area (Å²) in [6, 6.07) is 10.8. The van der Waals surface area contributed by atoms with E-state index in [-0.39, 0.29) is 29.0 Å². The van der Waals surface area contributed by atoms with Crippen LogP contribution in [0.1, 0.15) is 0 Å². The van der Waals surface area contributed by atoms with E-state index in [4.69, 9.17) is 16.3 Å². The van der Waals surface area contributed by atoms with E-state index >= 15 is 0 Å². The number of hydrogen-bond acceptors (Lipinski definition) is 4. The average Bonchev–Trinajstić information content (AvgIpc) is 2.48. The van der Waals surface area contributed by atoms with Crippen LogP contribution < -0.4 is 10.1 Å². The van der Waals surface area contributed by atoms with Gasteiger partial charge >= 0.3 is 0 Å². The van der Waals surface area contributed by atoms with Crippen LogP contribution in [0.3, 0.4) is 0 Å². The van der Waals surface area contributed by atoms with Gasteiger partial charge in [-0.2, -0.15) is 0 Å². The Hall–Kier alpha value is -2.12. The minimum atomic E-state index is -0.560. The second-order valence-electron chi connectivity index (χ2n) is 4.22. The summed E-state index contributed by atoms with van der Waals surface area (Å²) in [7, 11) is 0. The number of anilines is 1. The van der Waals surface area contributed by atoms with Gasteiger partial charge in [0.2, 0.25) is 0 Å². The van der Waals surface area contributed by atoms with Crippen LogP contribution in [-0.4, -0.2) is 17.4 Å². The Kier molecular flexibility index (Phi) is 5.35. The summed E-state index contributed by atoms with van der Waals surface area (Å²) >= 11 is 9.17. The van der Waals surface area contributed by atoms with Crippen LogP contribution in [0.5, 0.6) is 5.75 Å². The lowest BCUT2D eigenvalue weighted by molar-refractivity contribution is -0.384. The van der Waals surface area contributed by atoms with Crippen molar-refractivity contribution in [3.05, 3.63) is 62.1 Å². The number of rotatable bonds is 5. The molecule has 114 valence electrons. The van der Waals surface area contributed by atoms with E-state index in [1.165, 1.54) is 18.2 Å². The van der Waals surface area contributed by atoms with Crippen molar-refractivity contribution in [1.82, 2.24) is 0 Å². The van der Waals surface area contributed by atoms with Crippen LogP contribution in [0.4, 0.5) is 11.4 Å². The molecular weight excluding hydrogens is 376 g/mol. The zero-order valence-electron chi connectivity index (χ0n) is 11.1. The van der Waals surface area contributed by atoms with Gasteiger partial charge in [0.25, 0.3) is 11.6 Å². The van der Waals surface area contributed by atoms with Crippen molar-refractivity contribution >= 4 is 44.8 Å².